The largest absolute Gasteiger partial charge is 0.493 e. The van der Waals surface area contributed by atoms with Gasteiger partial charge in [-0.25, -0.2) is 0 Å². The van der Waals surface area contributed by atoms with E-state index in [4.69, 9.17) is 16.2 Å². The quantitative estimate of drug-likeness (QED) is 0.615. The van der Waals surface area contributed by atoms with Gasteiger partial charge in [0.2, 0.25) is 0 Å². The monoisotopic (exact) mass is 192 g/mol. The van der Waals surface area contributed by atoms with E-state index in [1.165, 1.54) is 0 Å². The second-order valence-electron chi connectivity index (χ2n) is 3.89. The molecule has 4 N–H and O–H groups in total. The molecule has 14 heavy (non-hydrogen) atoms. The standard InChI is InChI=1S/C11H16N2O/c1-6-5-9-10(7(2)11(6)13)8(12)3-4-14-9/h5,8H,3-4,12-13H2,1-2H3/t8-/m1/s1. The van der Waals surface area contributed by atoms with E-state index in [2.05, 4.69) is 0 Å². The minimum Gasteiger partial charge on any atom is -0.493 e. The van der Waals surface area contributed by atoms with Crippen LogP contribution in [0.2, 0.25) is 0 Å². The molecule has 3 nitrogen and oxygen atoms in total. The lowest BCUT2D eigenvalue weighted by Crippen LogP contribution is -2.22. The molecule has 2 rings (SSSR count). The number of anilines is 1. The molecule has 0 aromatic heterocycles. The van der Waals surface area contributed by atoms with Crippen molar-refractivity contribution in [3.8, 4) is 5.75 Å². The predicted molar refractivity (Wildman–Crippen MR) is 57.4 cm³/mol. The third-order valence-corrected chi connectivity index (χ3v) is 2.90. The summed E-state index contributed by atoms with van der Waals surface area (Å²) in [5.74, 6) is 0.910. The first kappa shape index (κ1) is 9.34. The fourth-order valence-electron chi connectivity index (χ4n) is 2.00. The molecule has 0 radical (unpaired) electrons. The predicted octanol–water partition coefficient (Wildman–Crippen LogP) is 1.67. The van der Waals surface area contributed by atoms with Crippen LogP contribution in [0.3, 0.4) is 0 Å². The normalized spacial score (nSPS) is 20.1. The Bertz CT molecular complexity index is 374. The number of benzene rings is 1. The van der Waals surface area contributed by atoms with Gasteiger partial charge in [-0.2, -0.15) is 0 Å². The van der Waals surface area contributed by atoms with Gasteiger partial charge in [-0.1, -0.05) is 0 Å². The molecule has 1 aliphatic rings. The van der Waals surface area contributed by atoms with Gasteiger partial charge in [-0.3, -0.25) is 0 Å². The summed E-state index contributed by atoms with van der Waals surface area (Å²) in [6, 6.07) is 2.05. The highest BCUT2D eigenvalue weighted by atomic mass is 16.5. The van der Waals surface area contributed by atoms with Gasteiger partial charge in [0, 0.05) is 23.7 Å². The maximum Gasteiger partial charge on any atom is 0.124 e. The van der Waals surface area contributed by atoms with Crippen LogP contribution in [0.5, 0.6) is 5.75 Å². The molecule has 76 valence electrons. The molecule has 0 bridgehead atoms. The minimum atomic E-state index is 0.0710. The van der Waals surface area contributed by atoms with E-state index in [9.17, 15) is 0 Å². The number of ether oxygens (including phenoxy) is 1. The van der Waals surface area contributed by atoms with Crippen LogP contribution in [-0.2, 0) is 0 Å². The number of aryl methyl sites for hydroxylation is 1. The van der Waals surface area contributed by atoms with Crippen LogP contribution in [0.1, 0.15) is 29.2 Å². The molecule has 1 heterocycles. The molecule has 0 amide bonds. The Morgan fingerprint density at radius 1 is 1.43 bits per heavy atom. The lowest BCUT2D eigenvalue weighted by atomic mass is 9.93. The third-order valence-electron chi connectivity index (χ3n) is 2.90. The summed E-state index contributed by atoms with van der Waals surface area (Å²) in [7, 11) is 0. The molecule has 1 atom stereocenters. The highest BCUT2D eigenvalue weighted by molar-refractivity contribution is 5.62. The Morgan fingerprint density at radius 2 is 2.14 bits per heavy atom. The number of hydrogen-bond acceptors (Lipinski definition) is 3. The molecule has 1 aromatic carbocycles. The summed E-state index contributed by atoms with van der Waals surface area (Å²) in [6.07, 6.45) is 0.871. The number of nitrogens with two attached hydrogens (primary N) is 2. The summed E-state index contributed by atoms with van der Waals surface area (Å²) < 4.78 is 5.57. The molecular weight excluding hydrogens is 176 g/mol. The van der Waals surface area contributed by atoms with Crippen molar-refractivity contribution in [2.24, 2.45) is 5.73 Å². The fourth-order valence-corrected chi connectivity index (χ4v) is 2.00. The van der Waals surface area contributed by atoms with Gasteiger partial charge >= 0.3 is 0 Å². The van der Waals surface area contributed by atoms with Crippen LogP contribution in [-0.4, -0.2) is 6.61 Å². The van der Waals surface area contributed by atoms with E-state index >= 15 is 0 Å². The van der Waals surface area contributed by atoms with Crippen molar-refractivity contribution in [1.29, 1.82) is 0 Å². The van der Waals surface area contributed by atoms with E-state index in [0.29, 0.717) is 6.61 Å². The Morgan fingerprint density at radius 3 is 2.86 bits per heavy atom. The van der Waals surface area contributed by atoms with Gasteiger partial charge in [0.15, 0.2) is 0 Å². The first-order valence-electron chi connectivity index (χ1n) is 4.89. The SMILES string of the molecule is Cc1cc2c(c(C)c1N)[C@H](N)CCO2. The molecule has 0 aliphatic carbocycles. The zero-order chi connectivity index (χ0) is 10.3. The van der Waals surface area contributed by atoms with Gasteiger partial charge in [0.1, 0.15) is 5.75 Å². The second-order valence-corrected chi connectivity index (χ2v) is 3.89. The van der Waals surface area contributed by atoms with Crippen molar-refractivity contribution in [3.05, 3.63) is 22.8 Å². The zero-order valence-electron chi connectivity index (χ0n) is 8.63. The second kappa shape index (κ2) is 3.17. The third kappa shape index (κ3) is 1.24. The average molecular weight is 192 g/mol. The Balaban J connectivity index is 2.64. The van der Waals surface area contributed by atoms with Gasteiger partial charge in [-0.15, -0.1) is 0 Å². The number of hydrogen-bond donors (Lipinski definition) is 2. The van der Waals surface area contributed by atoms with Crippen LogP contribution in [0, 0.1) is 13.8 Å². The molecule has 0 saturated heterocycles. The van der Waals surface area contributed by atoms with E-state index in [1.807, 2.05) is 19.9 Å². The smallest absolute Gasteiger partial charge is 0.124 e. The number of nitrogen functional groups attached to an aromatic ring is 1. The summed E-state index contributed by atoms with van der Waals surface area (Å²) in [4.78, 5) is 0. The molecule has 0 spiro atoms. The van der Waals surface area contributed by atoms with E-state index < -0.39 is 0 Å². The fraction of sp³-hybridized carbons (Fsp3) is 0.455. The summed E-state index contributed by atoms with van der Waals surface area (Å²) in [5.41, 5.74) is 16.0. The van der Waals surface area contributed by atoms with Crippen LogP contribution >= 0.6 is 0 Å². The van der Waals surface area contributed by atoms with E-state index in [1.54, 1.807) is 0 Å². The summed E-state index contributed by atoms with van der Waals surface area (Å²) in [6.45, 7) is 4.71. The number of fused-ring (bicyclic) bond motifs is 1. The molecular formula is C11H16N2O. The highest BCUT2D eigenvalue weighted by Gasteiger charge is 2.22. The lowest BCUT2D eigenvalue weighted by Gasteiger charge is -2.26. The van der Waals surface area contributed by atoms with Gasteiger partial charge in [0.25, 0.3) is 0 Å². The van der Waals surface area contributed by atoms with Gasteiger partial charge < -0.3 is 16.2 Å². The summed E-state index contributed by atoms with van der Waals surface area (Å²) >= 11 is 0. The van der Waals surface area contributed by atoms with Crippen molar-refractivity contribution < 1.29 is 4.74 Å². The van der Waals surface area contributed by atoms with Gasteiger partial charge in [0.05, 0.1) is 6.61 Å². The number of rotatable bonds is 0. The van der Waals surface area contributed by atoms with Gasteiger partial charge in [-0.05, 0) is 31.0 Å². The Labute approximate surface area is 84.0 Å². The molecule has 0 fully saturated rings. The van der Waals surface area contributed by atoms with Crippen LogP contribution < -0.4 is 16.2 Å². The first-order chi connectivity index (χ1) is 6.61. The van der Waals surface area contributed by atoms with Crippen molar-refractivity contribution in [3.63, 3.8) is 0 Å². The highest BCUT2D eigenvalue weighted by Crippen LogP contribution is 2.37. The molecule has 1 aromatic rings. The van der Waals surface area contributed by atoms with Crippen LogP contribution in [0.15, 0.2) is 6.07 Å². The van der Waals surface area contributed by atoms with Crippen molar-refractivity contribution >= 4 is 5.69 Å². The Hall–Kier alpha value is -1.22. The lowest BCUT2D eigenvalue weighted by molar-refractivity contribution is 0.268. The van der Waals surface area contributed by atoms with Crippen molar-refractivity contribution in [2.45, 2.75) is 26.3 Å². The minimum absolute atomic E-state index is 0.0710. The Kier molecular flexibility index (Phi) is 2.11. The maximum atomic E-state index is 6.03. The molecule has 0 unspecified atom stereocenters. The summed E-state index contributed by atoms with van der Waals surface area (Å²) in [5, 5.41) is 0. The van der Waals surface area contributed by atoms with Crippen LogP contribution in [0.25, 0.3) is 0 Å². The van der Waals surface area contributed by atoms with E-state index in [-0.39, 0.29) is 6.04 Å². The molecule has 0 saturated carbocycles. The van der Waals surface area contributed by atoms with Crippen molar-refractivity contribution in [1.82, 2.24) is 0 Å². The molecule has 3 heteroatoms. The van der Waals surface area contributed by atoms with Crippen molar-refractivity contribution in [2.75, 3.05) is 12.3 Å². The van der Waals surface area contributed by atoms with E-state index in [0.717, 1.165) is 34.5 Å². The zero-order valence-corrected chi connectivity index (χ0v) is 8.63. The van der Waals surface area contributed by atoms with Crippen LogP contribution in [0.4, 0.5) is 5.69 Å². The maximum absolute atomic E-state index is 6.03. The average Bonchev–Trinajstić information content (AvgIpc) is 2.14. The topological polar surface area (TPSA) is 61.3 Å². The first-order valence-corrected chi connectivity index (χ1v) is 4.89. The molecule has 1 aliphatic heterocycles.